The minimum atomic E-state index is -0.458. The van der Waals surface area contributed by atoms with Gasteiger partial charge < -0.3 is 9.64 Å². The second-order valence-electron chi connectivity index (χ2n) is 7.38. The van der Waals surface area contributed by atoms with E-state index >= 15 is 0 Å². The quantitative estimate of drug-likeness (QED) is 0.601. The lowest BCUT2D eigenvalue weighted by atomic mass is 10.0. The maximum Gasteiger partial charge on any atom is 0.282 e. The minimum Gasteiger partial charge on any atom is -0.496 e. The third kappa shape index (κ3) is 2.99. The van der Waals surface area contributed by atoms with E-state index in [0.717, 1.165) is 22.6 Å². The van der Waals surface area contributed by atoms with E-state index in [1.54, 1.807) is 18.2 Å². The average molecular weight is 414 g/mol. The van der Waals surface area contributed by atoms with Gasteiger partial charge in [0.2, 0.25) is 0 Å². The van der Waals surface area contributed by atoms with E-state index in [2.05, 4.69) is 0 Å². The molecule has 0 saturated heterocycles. The van der Waals surface area contributed by atoms with Crippen LogP contribution in [0.4, 0.5) is 15.8 Å². The van der Waals surface area contributed by atoms with Crippen LogP contribution in [0.15, 0.2) is 78.5 Å². The van der Waals surface area contributed by atoms with Gasteiger partial charge in [0.15, 0.2) is 0 Å². The van der Waals surface area contributed by atoms with Crippen molar-refractivity contribution in [3.8, 4) is 5.75 Å². The molecule has 0 unspecified atom stereocenters. The molecule has 0 N–H and O–H groups in total. The number of ether oxygens (including phenoxy) is 1. The number of fused-ring (bicyclic) bond motifs is 1. The molecule has 0 fully saturated rings. The monoisotopic (exact) mass is 414 g/mol. The highest BCUT2D eigenvalue weighted by Crippen LogP contribution is 2.42. The Labute approximate surface area is 179 Å². The number of anilines is 2. The van der Waals surface area contributed by atoms with Crippen LogP contribution in [0.1, 0.15) is 11.1 Å². The second-order valence-corrected chi connectivity index (χ2v) is 7.38. The van der Waals surface area contributed by atoms with Gasteiger partial charge in [-0.25, -0.2) is 9.29 Å². The third-order valence-electron chi connectivity index (χ3n) is 5.68. The molecular formula is C25H19FN2O3. The molecule has 0 aliphatic carbocycles. The number of methoxy groups -OCH3 is 1. The molecule has 0 aromatic heterocycles. The van der Waals surface area contributed by atoms with Crippen molar-refractivity contribution in [1.29, 1.82) is 0 Å². The first-order valence-corrected chi connectivity index (χ1v) is 9.97. The highest BCUT2D eigenvalue weighted by Gasteiger charge is 2.44. The molecule has 5 rings (SSSR count). The topological polar surface area (TPSA) is 49.9 Å². The Morgan fingerprint density at radius 1 is 0.871 bits per heavy atom. The Bertz CT molecular complexity index is 1230. The number of para-hydroxylation sites is 2. The van der Waals surface area contributed by atoms with Crippen LogP contribution in [0.25, 0.3) is 5.57 Å². The van der Waals surface area contributed by atoms with Crippen LogP contribution in [-0.2, 0) is 16.0 Å². The van der Waals surface area contributed by atoms with Gasteiger partial charge in [0.05, 0.1) is 18.4 Å². The Morgan fingerprint density at radius 2 is 1.58 bits per heavy atom. The van der Waals surface area contributed by atoms with E-state index < -0.39 is 17.6 Å². The van der Waals surface area contributed by atoms with E-state index in [-0.39, 0.29) is 5.57 Å². The normalized spacial score (nSPS) is 15.7. The number of rotatable bonds is 4. The summed E-state index contributed by atoms with van der Waals surface area (Å²) in [4.78, 5) is 30.3. The molecule has 2 heterocycles. The summed E-state index contributed by atoms with van der Waals surface area (Å²) in [5, 5.41) is 0. The lowest BCUT2D eigenvalue weighted by Gasteiger charge is -2.22. The standard InChI is InChI=1S/C25H19FN2O3/c1-31-21-9-5-3-7-19(21)22-23(27-15-14-16-6-2-4-8-20(16)27)25(30)28(24(22)29)18-12-10-17(26)11-13-18/h2-13H,14-15H2,1H3. The van der Waals surface area contributed by atoms with Crippen molar-refractivity contribution in [2.24, 2.45) is 0 Å². The molecule has 2 aliphatic heterocycles. The van der Waals surface area contributed by atoms with Crippen LogP contribution in [0.3, 0.4) is 0 Å². The summed E-state index contributed by atoms with van der Waals surface area (Å²) in [6, 6.07) is 20.4. The first-order chi connectivity index (χ1) is 15.1. The molecule has 3 aromatic rings. The summed E-state index contributed by atoms with van der Waals surface area (Å²) in [7, 11) is 1.53. The Hall–Kier alpha value is -3.93. The van der Waals surface area contributed by atoms with Gasteiger partial charge in [0, 0.05) is 17.8 Å². The van der Waals surface area contributed by atoms with Crippen molar-refractivity contribution in [3.63, 3.8) is 0 Å². The molecule has 0 saturated carbocycles. The van der Waals surface area contributed by atoms with E-state index in [4.69, 9.17) is 4.74 Å². The van der Waals surface area contributed by atoms with Crippen molar-refractivity contribution in [3.05, 3.63) is 95.4 Å². The zero-order valence-corrected chi connectivity index (χ0v) is 16.8. The minimum absolute atomic E-state index is 0.281. The second kappa shape index (κ2) is 7.40. The summed E-state index contributed by atoms with van der Waals surface area (Å²) in [5.41, 5.74) is 3.49. The van der Waals surface area contributed by atoms with Crippen molar-refractivity contribution < 1.29 is 18.7 Å². The predicted molar refractivity (Wildman–Crippen MR) is 116 cm³/mol. The van der Waals surface area contributed by atoms with Crippen molar-refractivity contribution in [2.75, 3.05) is 23.5 Å². The predicted octanol–water partition coefficient (Wildman–Crippen LogP) is 4.18. The molecule has 2 amide bonds. The van der Waals surface area contributed by atoms with Crippen molar-refractivity contribution >= 4 is 28.8 Å². The first kappa shape index (κ1) is 19.1. The number of halogens is 1. The molecule has 3 aromatic carbocycles. The molecule has 6 heteroatoms. The molecule has 0 spiro atoms. The van der Waals surface area contributed by atoms with Gasteiger partial charge in [-0.2, -0.15) is 0 Å². The van der Waals surface area contributed by atoms with Crippen LogP contribution in [0.2, 0.25) is 0 Å². The molecule has 0 atom stereocenters. The van der Waals surface area contributed by atoms with E-state index in [9.17, 15) is 14.0 Å². The zero-order valence-electron chi connectivity index (χ0n) is 16.8. The number of hydrogen-bond donors (Lipinski definition) is 0. The smallest absolute Gasteiger partial charge is 0.282 e. The highest BCUT2D eigenvalue weighted by atomic mass is 19.1. The van der Waals surface area contributed by atoms with Crippen LogP contribution in [-0.4, -0.2) is 25.5 Å². The number of carbonyl (C=O) groups is 2. The molecule has 5 nitrogen and oxygen atoms in total. The number of imide groups is 1. The lowest BCUT2D eigenvalue weighted by molar-refractivity contribution is -0.120. The molecular weight excluding hydrogens is 395 g/mol. The van der Waals surface area contributed by atoms with Crippen molar-refractivity contribution in [2.45, 2.75) is 6.42 Å². The number of nitrogens with zero attached hydrogens (tertiary/aromatic N) is 2. The first-order valence-electron chi connectivity index (χ1n) is 9.97. The molecule has 2 aliphatic rings. The molecule has 154 valence electrons. The number of benzene rings is 3. The van der Waals surface area contributed by atoms with Gasteiger partial charge in [0.25, 0.3) is 11.8 Å². The summed E-state index contributed by atoms with van der Waals surface area (Å²) in [6.07, 6.45) is 0.775. The molecule has 31 heavy (non-hydrogen) atoms. The number of hydrogen-bond acceptors (Lipinski definition) is 4. The van der Waals surface area contributed by atoms with Crippen LogP contribution < -0.4 is 14.5 Å². The van der Waals surface area contributed by atoms with Gasteiger partial charge in [0.1, 0.15) is 17.3 Å². The summed E-state index contributed by atoms with van der Waals surface area (Å²) in [5.74, 6) is -0.825. The third-order valence-corrected chi connectivity index (χ3v) is 5.68. The largest absolute Gasteiger partial charge is 0.496 e. The van der Waals surface area contributed by atoms with Gasteiger partial charge in [-0.1, -0.05) is 36.4 Å². The van der Waals surface area contributed by atoms with Crippen molar-refractivity contribution in [1.82, 2.24) is 0 Å². The lowest BCUT2D eigenvalue weighted by Crippen LogP contribution is -2.34. The van der Waals surface area contributed by atoms with Gasteiger partial charge in [-0.05, 0) is 48.4 Å². The molecule has 0 radical (unpaired) electrons. The fourth-order valence-corrected chi connectivity index (χ4v) is 4.26. The average Bonchev–Trinajstić information content (AvgIpc) is 3.32. The van der Waals surface area contributed by atoms with Gasteiger partial charge >= 0.3 is 0 Å². The van der Waals surface area contributed by atoms with Gasteiger partial charge in [-0.15, -0.1) is 0 Å². The number of amides is 2. The summed E-state index contributed by atoms with van der Waals surface area (Å²) < 4.78 is 19.0. The summed E-state index contributed by atoms with van der Waals surface area (Å²) in [6.45, 7) is 0.587. The van der Waals surface area contributed by atoms with Crippen LogP contribution in [0.5, 0.6) is 5.75 Å². The maximum atomic E-state index is 13.7. The fraction of sp³-hybridized carbons (Fsp3) is 0.120. The van der Waals surface area contributed by atoms with Crippen LogP contribution >= 0.6 is 0 Å². The van der Waals surface area contributed by atoms with E-state index in [1.807, 2.05) is 35.2 Å². The van der Waals surface area contributed by atoms with E-state index in [1.165, 1.54) is 31.4 Å². The Morgan fingerprint density at radius 3 is 2.35 bits per heavy atom. The van der Waals surface area contributed by atoms with E-state index in [0.29, 0.717) is 29.2 Å². The Balaban J connectivity index is 1.71. The Kier molecular flexibility index (Phi) is 4.55. The fourth-order valence-electron chi connectivity index (χ4n) is 4.26. The molecule has 0 bridgehead atoms. The highest BCUT2D eigenvalue weighted by molar-refractivity contribution is 6.46. The SMILES string of the molecule is COc1ccccc1C1=C(N2CCc3ccccc32)C(=O)N(c2ccc(F)cc2)C1=O. The van der Waals surface area contributed by atoms with Crippen LogP contribution in [0, 0.1) is 5.82 Å². The zero-order chi connectivity index (χ0) is 21.5. The maximum absolute atomic E-state index is 13.7. The summed E-state index contributed by atoms with van der Waals surface area (Å²) >= 11 is 0. The number of carbonyl (C=O) groups excluding carboxylic acids is 2. The van der Waals surface area contributed by atoms with Gasteiger partial charge in [-0.3, -0.25) is 9.59 Å².